The number of carbonyl (C=O) groups is 1. The first kappa shape index (κ1) is 22.7. The van der Waals surface area contributed by atoms with Crippen molar-refractivity contribution in [3.63, 3.8) is 0 Å². The highest BCUT2D eigenvalue weighted by Gasteiger charge is 2.22. The van der Waals surface area contributed by atoms with Crippen molar-refractivity contribution < 1.29 is 19.0 Å². The number of aromatic nitrogens is 1. The summed E-state index contributed by atoms with van der Waals surface area (Å²) in [5.41, 5.74) is 2.26. The maximum absolute atomic E-state index is 12.2. The maximum atomic E-state index is 12.2. The summed E-state index contributed by atoms with van der Waals surface area (Å²) < 4.78 is 16.7. The molecule has 158 valence electrons. The third kappa shape index (κ3) is 7.08. The monoisotopic (exact) mass is 391 g/mol. The number of rotatable bonds is 13. The smallest absolute Gasteiger partial charge is 0.305 e. The van der Waals surface area contributed by atoms with Gasteiger partial charge in [0.1, 0.15) is 0 Å². The minimum Gasteiger partial charge on any atom is -0.477 e. The molecule has 0 radical (unpaired) electrons. The number of aryl methyl sites for hydroxylation is 1. The summed E-state index contributed by atoms with van der Waals surface area (Å²) in [5, 5.41) is 0. The highest BCUT2D eigenvalue weighted by molar-refractivity contribution is 5.69. The molecule has 0 amide bonds. The Bertz CT molecular complexity index is 600. The Morgan fingerprint density at radius 1 is 1.32 bits per heavy atom. The highest BCUT2D eigenvalue weighted by Crippen LogP contribution is 2.31. The van der Waals surface area contributed by atoms with E-state index in [4.69, 9.17) is 14.2 Å². The molecule has 5 heteroatoms. The van der Waals surface area contributed by atoms with E-state index in [1.807, 2.05) is 6.07 Å². The third-order valence-electron chi connectivity index (χ3n) is 5.63. The van der Waals surface area contributed by atoms with Gasteiger partial charge < -0.3 is 14.2 Å². The van der Waals surface area contributed by atoms with E-state index in [9.17, 15) is 4.79 Å². The Labute approximate surface area is 170 Å². The third-order valence-corrected chi connectivity index (χ3v) is 5.63. The fraction of sp³-hybridized carbons (Fsp3) is 0.739. The molecule has 2 atom stereocenters. The largest absolute Gasteiger partial charge is 0.477 e. The Hall–Kier alpha value is -1.62. The molecule has 1 aliphatic heterocycles. The van der Waals surface area contributed by atoms with Crippen LogP contribution in [0.2, 0.25) is 0 Å². The van der Waals surface area contributed by atoms with E-state index in [1.54, 1.807) is 6.20 Å². The fourth-order valence-corrected chi connectivity index (χ4v) is 3.50. The van der Waals surface area contributed by atoms with Gasteiger partial charge in [-0.1, -0.05) is 40.0 Å². The van der Waals surface area contributed by atoms with Crippen molar-refractivity contribution in [3.8, 4) is 5.88 Å². The lowest BCUT2D eigenvalue weighted by molar-refractivity contribution is -0.145. The number of hydrogen-bond acceptors (Lipinski definition) is 5. The quantitative estimate of drug-likeness (QED) is 0.440. The summed E-state index contributed by atoms with van der Waals surface area (Å²) in [5.74, 6) is 1.73. The van der Waals surface area contributed by atoms with Crippen LogP contribution < -0.4 is 4.74 Å². The average Bonchev–Trinajstić information content (AvgIpc) is 2.65. The van der Waals surface area contributed by atoms with E-state index < -0.39 is 0 Å². The molecule has 0 spiro atoms. The van der Waals surface area contributed by atoms with Gasteiger partial charge >= 0.3 is 5.97 Å². The van der Waals surface area contributed by atoms with Crippen molar-refractivity contribution in [2.45, 2.75) is 72.1 Å². The predicted molar refractivity (Wildman–Crippen MR) is 111 cm³/mol. The first-order chi connectivity index (χ1) is 13.5. The van der Waals surface area contributed by atoms with Gasteiger partial charge in [-0.25, -0.2) is 4.98 Å². The summed E-state index contributed by atoms with van der Waals surface area (Å²) in [6.07, 6.45) is 7.53. The normalized spacial score (nSPS) is 16.3. The van der Waals surface area contributed by atoms with E-state index in [0.717, 1.165) is 43.6 Å². The van der Waals surface area contributed by atoms with E-state index in [2.05, 4.69) is 32.7 Å². The molecule has 2 rings (SSSR count). The standard InChI is InChI=1S/C23H37NO4/c1-5-7-8-19(6-2)15-27-21(25)10-9-17(3)22-18(4)11-12-24-23(22)28-16-20-13-26-14-20/h11-12,17,19-20H,5-10,13-16H2,1-4H3. The number of carbonyl (C=O) groups excluding carboxylic acids is 1. The molecular weight excluding hydrogens is 354 g/mol. The van der Waals surface area contributed by atoms with Crippen LogP contribution in [-0.4, -0.2) is 37.4 Å². The van der Waals surface area contributed by atoms with Crippen LogP contribution in [0, 0.1) is 18.8 Å². The number of unbranched alkanes of at least 4 members (excludes halogenated alkanes) is 1. The second-order valence-electron chi connectivity index (χ2n) is 8.10. The second kappa shape index (κ2) is 12.1. The minimum atomic E-state index is -0.0996. The summed E-state index contributed by atoms with van der Waals surface area (Å²) in [6, 6.07) is 2.00. The molecule has 0 aromatic carbocycles. The number of esters is 1. The second-order valence-corrected chi connectivity index (χ2v) is 8.10. The van der Waals surface area contributed by atoms with Crippen molar-refractivity contribution in [3.05, 3.63) is 23.4 Å². The van der Waals surface area contributed by atoms with Crippen molar-refractivity contribution >= 4 is 5.97 Å². The van der Waals surface area contributed by atoms with Crippen LogP contribution in [-0.2, 0) is 14.3 Å². The Morgan fingerprint density at radius 3 is 2.75 bits per heavy atom. The number of ether oxygens (including phenoxy) is 3. The maximum Gasteiger partial charge on any atom is 0.305 e. The Balaban J connectivity index is 1.82. The molecule has 28 heavy (non-hydrogen) atoms. The minimum absolute atomic E-state index is 0.0996. The van der Waals surface area contributed by atoms with Gasteiger partial charge in [-0.15, -0.1) is 0 Å². The molecule has 1 saturated heterocycles. The zero-order chi connectivity index (χ0) is 20.4. The fourth-order valence-electron chi connectivity index (χ4n) is 3.50. The molecule has 0 N–H and O–H groups in total. The van der Waals surface area contributed by atoms with E-state index in [0.29, 0.717) is 37.4 Å². The lowest BCUT2D eigenvalue weighted by atomic mass is 9.93. The summed E-state index contributed by atoms with van der Waals surface area (Å²) in [6.45, 7) is 11.3. The van der Waals surface area contributed by atoms with Gasteiger partial charge in [0.25, 0.3) is 0 Å². The van der Waals surface area contributed by atoms with Crippen LogP contribution in [0.1, 0.15) is 76.3 Å². The molecule has 1 aliphatic rings. The van der Waals surface area contributed by atoms with Crippen LogP contribution in [0.5, 0.6) is 5.88 Å². The summed E-state index contributed by atoms with van der Waals surface area (Å²) >= 11 is 0. The molecule has 1 aromatic heterocycles. The van der Waals surface area contributed by atoms with E-state index >= 15 is 0 Å². The number of nitrogens with zero attached hydrogens (tertiary/aromatic N) is 1. The Morgan fingerprint density at radius 2 is 2.11 bits per heavy atom. The molecule has 2 unspecified atom stereocenters. The van der Waals surface area contributed by atoms with Gasteiger partial charge in [-0.3, -0.25) is 4.79 Å². The lowest BCUT2D eigenvalue weighted by Gasteiger charge is -2.26. The van der Waals surface area contributed by atoms with Crippen LogP contribution >= 0.6 is 0 Å². The van der Waals surface area contributed by atoms with Crippen molar-refractivity contribution in [1.82, 2.24) is 4.98 Å². The Kier molecular flexibility index (Phi) is 9.76. The van der Waals surface area contributed by atoms with Crippen LogP contribution in [0.4, 0.5) is 0 Å². The molecule has 1 fully saturated rings. The SMILES string of the molecule is CCCCC(CC)COC(=O)CCC(C)c1c(C)ccnc1OCC1COC1. The molecule has 5 nitrogen and oxygen atoms in total. The molecule has 0 aliphatic carbocycles. The lowest BCUT2D eigenvalue weighted by Crippen LogP contribution is -2.33. The van der Waals surface area contributed by atoms with Crippen molar-refractivity contribution in [2.75, 3.05) is 26.4 Å². The van der Waals surface area contributed by atoms with Gasteiger partial charge in [0.2, 0.25) is 5.88 Å². The zero-order valence-corrected chi connectivity index (χ0v) is 18.0. The topological polar surface area (TPSA) is 57.7 Å². The first-order valence-electron chi connectivity index (χ1n) is 10.9. The van der Waals surface area contributed by atoms with E-state index in [-0.39, 0.29) is 11.9 Å². The predicted octanol–water partition coefficient (Wildman–Crippen LogP) is 5.06. The van der Waals surface area contributed by atoms with Crippen LogP contribution in [0.25, 0.3) is 0 Å². The summed E-state index contributed by atoms with van der Waals surface area (Å²) in [4.78, 5) is 16.7. The van der Waals surface area contributed by atoms with Gasteiger partial charge in [0.05, 0.1) is 26.4 Å². The average molecular weight is 392 g/mol. The zero-order valence-electron chi connectivity index (χ0n) is 18.0. The molecule has 1 aromatic rings. The first-order valence-corrected chi connectivity index (χ1v) is 10.9. The van der Waals surface area contributed by atoms with Gasteiger partial charge in [0.15, 0.2) is 0 Å². The van der Waals surface area contributed by atoms with Gasteiger partial charge in [0, 0.05) is 24.1 Å². The molecule has 0 bridgehead atoms. The molecule has 0 saturated carbocycles. The number of pyridine rings is 1. The van der Waals surface area contributed by atoms with Gasteiger partial charge in [-0.2, -0.15) is 0 Å². The number of hydrogen-bond donors (Lipinski definition) is 0. The van der Waals surface area contributed by atoms with E-state index in [1.165, 1.54) is 12.8 Å². The van der Waals surface area contributed by atoms with Gasteiger partial charge in [-0.05, 0) is 43.2 Å². The molecular formula is C23H37NO4. The van der Waals surface area contributed by atoms with Crippen molar-refractivity contribution in [2.24, 2.45) is 11.8 Å². The molecule has 2 heterocycles. The van der Waals surface area contributed by atoms with Crippen molar-refractivity contribution in [1.29, 1.82) is 0 Å². The van der Waals surface area contributed by atoms with Crippen LogP contribution in [0.15, 0.2) is 12.3 Å². The highest BCUT2D eigenvalue weighted by atomic mass is 16.5. The summed E-state index contributed by atoms with van der Waals surface area (Å²) in [7, 11) is 0. The van der Waals surface area contributed by atoms with Crippen LogP contribution in [0.3, 0.4) is 0 Å².